The first-order valence-electron chi connectivity index (χ1n) is 11.3. The van der Waals surface area contributed by atoms with Crippen LogP contribution in [0.2, 0.25) is 0 Å². The van der Waals surface area contributed by atoms with Gasteiger partial charge >= 0.3 is 0 Å². The Morgan fingerprint density at radius 2 is 1.60 bits per heavy atom. The highest BCUT2D eigenvalue weighted by atomic mass is 16.5. The fourth-order valence-corrected chi connectivity index (χ4v) is 4.09. The largest absolute Gasteiger partial charge is 0.494 e. The van der Waals surface area contributed by atoms with Crippen molar-refractivity contribution >= 4 is 11.8 Å². The second kappa shape index (κ2) is 11.9. The molecule has 0 saturated carbocycles. The quantitative estimate of drug-likeness (QED) is 0.699. The van der Waals surface area contributed by atoms with Gasteiger partial charge in [-0.2, -0.15) is 0 Å². The maximum absolute atomic E-state index is 12.6. The number of hydrogen-bond donors (Lipinski definition) is 1. The number of rotatable bonds is 8. The summed E-state index contributed by atoms with van der Waals surface area (Å²) >= 11 is 0. The number of nitrogens with one attached hydrogen (secondary N) is 1. The Kier molecular flexibility index (Phi) is 8.96. The van der Waals surface area contributed by atoms with E-state index in [-0.39, 0.29) is 11.8 Å². The summed E-state index contributed by atoms with van der Waals surface area (Å²) in [4.78, 5) is 31.3. The first-order valence-corrected chi connectivity index (χ1v) is 11.3. The highest BCUT2D eigenvalue weighted by molar-refractivity contribution is 5.78. The Morgan fingerprint density at radius 1 is 0.933 bits per heavy atom. The van der Waals surface area contributed by atoms with Gasteiger partial charge in [-0.15, -0.1) is 0 Å². The number of piperazine rings is 1. The number of ether oxygens (including phenoxy) is 1. The number of likely N-dealkylation sites (tertiary alicyclic amines) is 1. The van der Waals surface area contributed by atoms with E-state index in [1.54, 1.807) is 0 Å². The second-order valence-electron chi connectivity index (χ2n) is 8.20. The molecule has 2 saturated heterocycles. The lowest BCUT2D eigenvalue weighted by Crippen LogP contribution is -2.52. The maximum Gasteiger partial charge on any atom is 0.236 e. The van der Waals surface area contributed by atoms with Crippen LogP contribution in [0.1, 0.15) is 38.2 Å². The monoisotopic (exact) mass is 416 g/mol. The Labute approximate surface area is 180 Å². The summed E-state index contributed by atoms with van der Waals surface area (Å²) in [6.07, 6.45) is 4.74. The van der Waals surface area contributed by atoms with E-state index in [0.29, 0.717) is 26.2 Å². The number of benzene rings is 1. The zero-order valence-corrected chi connectivity index (χ0v) is 18.3. The molecule has 2 aliphatic heterocycles. The van der Waals surface area contributed by atoms with Gasteiger partial charge in [-0.3, -0.25) is 19.4 Å². The van der Waals surface area contributed by atoms with E-state index >= 15 is 0 Å². The van der Waals surface area contributed by atoms with Gasteiger partial charge in [0.05, 0.1) is 19.7 Å². The third-order valence-electron chi connectivity index (χ3n) is 5.85. The fraction of sp³-hybridized carbons (Fsp3) is 0.652. The average molecular weight is 417 g/mol. The van der Waals surface area contributed by atoms with Crippen LogP contribution in [0, 0.1) is 0 Å². The minimum absolute atomic E-state index is 0.0332. The molecule has 1 aromatic carbocycles. The first kappa shape index (κ1) is 22.6. The summed E-state index contributed by atoms with van der Waals surface area (Å²) < 4.78 is 5.50. The molecule has 0 aromatic heterocycles. The molecule has 0 atom stereocenters. The molecular weight excluding hydrogens is 380 g/mol. The minimum atomic E-state index is 0.0332. The number of amides is 2. The molecule has 2 aliphatic rings. The van der Waals surface area contributed by atoms with Crippen molar-refractivity contribution in [2.75, 3.05) is 59.0 Å². The summed E-state index contributed by atoms with van der Waals surface area (Å²) in [6.45, 7) is 9.14. The van der Waals surface area contributed by atoms with Crippen LogP contribution in [-0.2, 0) is 16.1 Å². The third-order valence-corrected chi connectivity index (χ3v) is 5.85. The van der Waals surface area contributed by atoms with Crippen molar-refractivity contribution in [3.63, 3.8) is 0 Å². The molecule has 2 heterocycles. The molecule has 2 fully saturated rings. The van der Waals surface area contributed by atoms with Crippen LogP contribution in [0.3, 0.4) is 0 Å². The molecule has 7 nitrogen and oxygen atoms in total. The highest BCUT2D eigenvalue weighted by Crippen LogP contribution is 2.13. The van der Waals surface area contributed by atoms with E-state index in [2.05, 4.69) is 15.1 Å². The number of hydrogen-bond acceptors (Lipinski definition) is 5. The SMILES string of the molecule is CCOc1cccc(CNC(=O)CN2CCN(CC(=O)N3CCCCCC3)CC2)c1. The zero-order valence-electron chi connectivity index (χ0n) is 18.3. The Morgan fingerprint density at radius 3 is 2.27 bits per heavy atom. The molecule has 0 radical (unpaired) electrons. The van der Waals surface area contributed by atoms with Gasteiger partial charge in [-0.1, -0.05) is 25.0 Å². The van der Waals surface area contributed by atoms with Crippen molar-refractivity contribution in [3.05, 3.63) is 29.8 Å². The Balaban J connectivity index is 1.34. The van der Waals surface area contributed by atoms with Crippen LogP contribution in [0.25, 0.3) is 0 Å². The van der Waals surface area contributed by atoms with E-state index in [1.807, 2.05) is 36.1 Å². The van der Waals surface area contributed by atoms with Gasteiger partial charge < -0.3 is 15.0 Å². The standard InChI is InChI=1S/C23H36N4O3/c1-2-30-21-9-7-8-20(16-21)17-24-22(28)18-25-12-14-26(15-13-25)19-23(29)27-10-5-3-4-6-11-27/h7-9,16H,2-6,10-15,17-19H2,1H3,(H,24,28). The van der Waals surface area contributed by atoms with Crippen molar-refractivity contribution in [3.8, 4) is 5.75 Å². The average Bonchev–Trinajstić information content (AvgIpc) is 3.04. The minimum Gasteiger partial charge on any atom is -0.494 e. The van der Waals surface area contributed by atoms with Crippen molar-refractivity contribution in [2.24, 2.45) is 0 Å². The van der Waals surface area contributed by atoms with Crippen LogP contribution >= 0.6 is 0 Å². The lowest BCUT2D eigenvalue weighted by Gasteiger charge is -2.35. The molecule has 30 heavy (non-hydrogen) atoms. The molecule has 0 unspecified atom stereocenters. The number of carbonyl (C=O) groups is 2. The molecule has 1 N–H and O–H groups in total. The normalized spacial score (nSPS) is 18.6. The molecule has 0 aliphatic carbocycles. The fourth-order valence-electron chi connectivity index (χ4n) is 4.09. The van der Waals surface area contributed by atoms with Crippen molar-refractivity contribution in [1.29, 1.82) is 0 Å². The van der Waals surface area contributed by atoms with E-state index in [4.69, 9.17) is 4.74 Å². The Hall–Kier alpha value is -2.12. The first-order chi connectivity index (χ1) is 14.6. The van der Waals surface area contributed by atoms with Crippen molar-refractivity contribution < 1.29 is 14.3 Å². The second-order valence-corrected chi connectivity index (χ2v) is 8.20. The van der Waals surface area contributed by atoms with Gasteiger partial charge in [-0.25, -0.2) is 0 Å². The molecule has 7 heteroatoms. The lowest BCUT2D eigenvalue weighted by molar-refractivity contribution is -0.133. The van der Waals surface area contributed by atoms with E-state index < -0.39 is 0 Å². The maximum atomic E-state index is 12.6. The van der Waals surface area contributed by atoms with Crippen LogP contribution in [0.5, 0.6) is 5.75 Å². The molecule has 2 amide bonds. The molecule has 166 valence electrons. The summed E-state index contributed by atoms with van der Waals surface area (Å²) in [6, 6.07) is 7.82. The van der Waals surface area contributed by atoms with E-state index in [9.17, 15) is 9.59 Å². The highest BCUT2D eigenvalue weighted by Gasteiger charge is 2.23. The van der Waals surface area contributed by atoms with Gasteiger partial charge in [0.25, 0.3) is 0 Å². The smallest absolute Gasteiger partial charge is 0.236 e. The summed E-state index contributed by atoms with van der Waals surface area (Å²) in [5.41, 5.74) is 1.03. The van der Waals surface area contributed by atoms with Crippen LogP contribution in [-0.4, -0.2) is 85.5 Å². The van der Waals surface area contributed by atoms with Crippen molar-refractivity contribution in [1.82, 2.24) is 20.0 Å². The van der Waals surface area contributed by atoms with Crippen LogP contribution in [0.15, 0.2) is 24.3 Å². The van der Waals surface area contributed by atoms with Gasteiger partial charge in [0.15, 0.2) is 0 Å². The summed E-state index contributed by atoms with van der Waals surface area (Å²) in [5.74, 6) is 1.12. The van der Waals surface area contributed by atoms with E-state index in [0.717, 1.165) is 63.4 Å². The van der Waals surface area contributed by atoms with Gasteiger partial charge in [-0.05, 0) is 37.5 Å². The summed E-state index contributed by atoms with van der Waals surface area (Å²) in [7, 11) is 0. The molecular formula is C23H36N4O3. The van der Waals surface area contributed by atoms with Crippen LogP contribution < -0.4 is 10.1 Å². The number of nitrogens with zero attached hydrogens (tertiary/aromatic N) is 3. The van der Waals surface area contributed by atoms with E-state index in [1.165, 1.54) is 12.8 Å². The summed E-state index contributed by atoms with van der Waals surface area (Å²) in [5, 5.41) is 3.00. The molecule has 3 rings (SSSR count). The number of carbonyl (C=O) groups excluding carboxylic acids is 2. The van der Waals surface area contributed by atoms with Gasteiger partial charge in [0.1, 0.15) is 5.75 Å². The molecule has 0 spiro atoms. The predicted molar refractivity (Wildman–Crippen MR) is 117 cm³/mol. The third kappa shape index (κ3) is 7.29. The van der Waals surface area contributed by atoms with Gasteiger partial charge in [0, 0.05) is 45.8 Å². The molecule has 1 aromatic rings. The predicted octanol–water partition coefficient (Wildman–Crippen LogP) is 1.72. The lowest BCUT2D eigenvalue weighted by atomic mass is 10.2. The Bertz CT molecular complexity index is 681. The van der Waals surface area contributed by atoms with Gasteiger partial charge in [0.2, 0.25) is 11.8 Å². The van der Waals surface area contributed by atoms with Crippen LogP contribution in [0.4, 0.5) is 0 Å². The van der Waals surface area contributed by atoms with Crippen molar-refractivity contribution in [2.45, 2.75) is 39.2 Å². The zero-order chi connectivity index (χ0) is 21.2. The topological polar surface area (TPSA) is 65.1 Å². The molecule has 0 bridgehead atoms.